The third-order valence-electron chi connectivity index (χ3n) is 2.98. The van der Waals surface area contributed by atoms with Crippen molar-refractivity contribution >= 4 is 39.9 Å². The second-order valence-corrected chi connectivity index (χ2v) is 5.15. The van der Waals surface area contributed by atoms with E-state index in [1.807, 2.05) is 6.92 Å². The smallest absolute Gasteiger partial charge is 0.270 e. The molecule has 1 rings (SSSR count). The van der Waals surface area contributed by atoms with Crippen LogP contribution in [0.15, 0.2) is 22.7 Å². The minimum absolute atomic E-state index is 0. The minimum Gasteiger partial charge on any atom is -0.341 e. The summed E-state index contributed by atoms with van der Waals surface area (Å²) >= 11 is 3.25. The van der Waals surface area contributed by atoms with E-state index in [0.717, 1.165) is 0 Å². The van der Waals surface area contributed by atoms with Gasteiger partial charge in [-0.2, -0.15) is 0 Å². The first-order valence-corrected chi connectivity index (χ1v) is 6.54. The van der Waals surface area contributed by atoms with E-state index in [1.165, 1.54) is 12.1 Å². The number of carbonyl (C=O) groups is 1. The number of non-ortho nitro benzene ring substituents is 1. The molecule has 0 aromatic heterocycles. The van der Waals surface area contributed by atoms with Gasteiger partial charge in [-0.25, -0.2) is 0 Å². The summed E-state index contributed by atoms with van der Waals surface area (Å²) in [5.41, 5.74) is 6.22. The van der Waals surface area contributed by atoms with Crippen LogP contribution in [-0.2, 0) is 11.2 Å². The molecule has 0 saturated heterocycles. The number of amides is 1. The highest BCUT2D eigenvalue weighted by atomic mass is 79.9. The van der Waals surface area contributed by atoms with Crippen molar-refractivity contribution in [2.75, 3.05) is 13.6 Å². The Hall–Kier alpha value is -1.18. The maximum Gasteiger partial charge on any atom is 0.270 e. The van der Waals surface area contributed by atoms with Crippen LogP contribution in [0.1, 0.15) is 12.5 Å². The van der Waals surface area contributed by atoms with Crippen molar-refractivity contribution in [2.24, 2.45) is 5.73 Å². The molecule has 1 aromatic carbocycles. The molecule has 1 unspecified atom stereocenters. The molecule has 20 heavy (non-hydrogen) atoms. The van der Waals surface area contributed by atoms with Crippen LogP contribution in [0.4, 0.5) is 5.69 Å². The van der Waals surface area contributed by atoms with Gasteiger partial charge in [-0.15, -0.1) is 12.4 Å². The lowest BCUT2D eigenvalue weighted by Gasteiger charge is -2.23. The SMILES string of the molecule is CC(CN)N(C)C(=O)Cc1ccc([N+](=O)[O-])cc1Br.Cl. The maximum absolute atomic E-state index is 12.0. The Labute approximate surface area is 132 Å². The van der Waals surface area contributed by atoms with Gasteiger partial charge in [0.15, 0.2) is 0 Å². The van der Waals surface area contributed by atoms with Gasteiger partial charge in [-0.3, -0.25) is 14.9 Å². The molecule has 0 aliphatic heterocycles. The molecule has 0 spiro atoms. The molecule has 1 amide bonds. The van der Waals surface area contributed by atoms with Crippen LogP contribution in [0.25, 0.3) is 0 Å². The van der Waals surface area contributed by atoms with Gasteiger partial charge in [0.2, 0.25) is 5.91 Å². The number of rotatable bonds is 5. The third-order valence-corrected chi connectivity index (χ3v) is 3.72. The predicted molar refractivity (Wildman–Crippen MR) is 83.0 cm³/mol. The number of likely N-dealkylation sites (N-methyl/N-ethyl adjacent to an activating group) is 1. The van der Waals surface area contributed by atoms with E-state index in [9.17, 15) is 14.9 Å². The van der Waals surface area contributed by atoms with Gasteiger partial charge in [0.05, 0.1) is 11.3 Å². The zero-order valence-corrected chi connectivity index (χ0v) is 13.6. The van der Waals surface area contributed by atoms with Crippen molar-refractivity contribution in [1.82, 2.24) is 4.90 Å². The molecule has 0 saturated carbocycles. The number of benzene rings is 1. The lowest BCUT2D eigenvalue weighted by Crippen LogP contribution is -2.40. The van der Waals surface area contributed by atoms with Crippen molar-refractivity contribution in [3.8, 4) is 0 Å². The molecule has 0 radical (unpaired) electrons. The number of nitro groups is 1. The average Bonchev–Trinajstić information content (AvgIpc) is 2.38. The molecular formula is C12H17BrClN3O3. The van der Waals surface area contributed by atoms with E-state index in [-0.39, 0.29) is 36.5 Å². The molecule has 0 fully saturated rings. The molecule has 8 heteroatoms. The molecule has 112 valence electrons. The highest BCUT2D eigenvalue weighted by molar-refractivity contribution is 9.10. The van der Waals surface area contributed by atoms with Gasteiger partial charge in [0.25, 0.3) is 5.69 Å². The summed E-state index contributed by atoms with van der Waals surface area (Å²) < 4.78 is 0.559. The minimum atomic E-state index is -0.473. The van der Waals surface area contributed by atoms with Crippen LogP contribution in [0.2, 0.25) is 0 Å². The van der Waals surface area contributed by atoms with Crippen LogP contribution in [-0.4, -0.2) is 35.4 Å². The normalized spacial score (nSPS) is 11.4. The Balaban J connectivity index is 0.00000361. The Kier molecular flexibility index (Phi) is 7.70. The first kappa shape index (κ1) is 18.8. The molecule has 0 aliphatic carbocycles. The molecule has 1 aromatic rings. The average molecular weight is 367 g/mol. The fourth-order valence-corrected chi connectivity index (χ4v) is 1.99. The molecular weight excluding hydrogens is 350 g/mol. The highest BCUT2D eigenvalue weighted by Crippen LogP contribution is 2.23. The van der Waals surface area contributed by atoms with Crippen LogP contribution < -0.4 is 5.73 Å². The molecule has 2 N–H and O–H groups in total. The van der Waals surface area contributed by atoms with E-state index in [2.05, 4.69) is 15.9 Å². The van der Waals surface area contributed by atoms with E-state index in [1.54, 1.807) is 18.0 Å². The summed E-state index contributed by atoms with van der Waals surface area (Å²) in [4.78, 5) is 23.7. The van der Waals surface area contributed by atoms with E-state index in [0.29, 0.717) is 16.6 Å². The van der Waals surface area contributed by atoms with E-state index < -0.39 is 4.92 Å². The third kappa shape index (κ3) is 4.73. The number of halogens is 2. The van der Waals surface area contributed by atoms with E-state index >= 15 is 0 Å². The number of nitro benzene ring substituents is 1. The summed E-state index contributed by atoms with van der Waals surface area (Å²) in [5.74, 6) is -0.0764. The first-order valence-electron chi connectivity index (χ1n) is 5.75. The van der Waals surface area contributed by atoms with Crippen molar-refractivity contribution < 1.29 is 9.72 Å². The zero-order valence-electron chi connectivity index (χ0n) is 11.2. The Morgan fingerprint density at radius 3 is 2.60 bits per heavy atom. The van der Waals surface area contributed by atoms with Gasteiger partial charge in [0.1, 0.15) is 0 Å². The summed E-state index contributed by atoms with van der Waals surface area (Å²) in [6.45, 7) is 2.26. The number of carbonyl (C=O) groups excluding carboxylic acids is 1. The molecule has 1 atom stereocenters. The van der Waals surface area contributed by atoms with Crippen molar-refractivity contribution in [3.05, 3.63) is 38.3 Å². The van der Waals surface area contributed by atoms with Crippen LogP contribution in [0, 0.1) is 10.1 Å². The molecule has 0 bridgehead atoms. The number of hydrogen-bond acceptors (Lipinski definition) is 4. The number of nitrogens with zero attached hydrogens (tertiary/aromatic N) is 2. The van der Waals surface area contributed by atoms with Crippen molar-refractivity contribution in [2.45, 2.75) is 19.4 Å². The van der Waals surface area contributed by atoms with Gasteiger partial charge >= 0.3 is 0 Å². The standard InChI is InChI=1S/C12H16BrN3O3.ClH/c1-8(7-14)15(2)12(17)5-9-3-4-10(16(18)19)6-11(9)13;/h3-4,6,8H,5,7,14H2,1-2H3;1H. The lowest BCUT2D eigenvalue weighted by molar-refractivity contribution is -0.384. The number of nitrogens with two attached hydrogens (primary N) is 1. The first-order chi connectivity index (χ1) is 8.86. The lowest BCUT2D eigenvalue weighted by atomic mass is 10.1. The monoisotopic (exact) mass is 365 g/mol. The molecule has 0 heterocycles. The van der Waals surface area contributed by atoms with Crippen LogP contribution in [0.5, 0.6) is 0 Å². The zero-order chi connectivity index (χ0) is 14.6. The van der Waals surface area contributed by atoms with Gasteiger partial charge in [0, 0.05) is 36.2 Å². The highest BCUT2D eigenvalue weighted by Gasteiger charge is 2.17. The van der Waals surface area contributed by atoms with Gasteiger partial charge in [-0.1, -0.05) is 22.0 Å². The topological polar surface area (TPSA) is 89.5 Å². The quantitative estimate of drug-likeness (QED) is 0.638. The summed E-state index contributed by atoms with van der Waals surface area (Å²) in [6.07, 6.45) is 0.180. The fraction of sp³-hybridized carbons (Fsp3) is 0.417. The Morgan fingerprint density at radius 2 is 2.15 bits per heavy atom. The summed E-state index contributed by atoms with van der Waals surface area (Å²) in [6, 6.07) is 4.33. The predicted octanol–water partition coefficient (Wildman–Crippen LogP) is 2.13. The fourth-order valence-electron chi connectivity index (χ4n) is 1.48. The van der Waals surface area contributed by atoms with Gasteiger partial charge < -0.3 is 10.6 Å². The van der Waals surface area contributed by atoms with Crippen molar-refractivity contribution in [3.63, 3.8) is 0 Å². The summed E-state index contributed by atoms with van der Waals surface area (Å²) in [7, 11) is 1.69. The maximum atomic E-state index is 12.0. The summed E-state index contributed by atoms with van der Waals surface area (Å²) in [5, 5.41) is 10.6. The Morgan fingerprint density at radius 1 is 1.55 bits per heavy atom. The molecule has 6 nitrogen and oxygen atoms in total. The Bertz CT molecular complexity index is 499. The van der Waals surface area contributed by atoms with E-state index in [4.69, 9.17) is 5.73 Å². The van der Waals surface area contributed by atoms with Gasteiger partial charge in [-0.05, 0) is 12.5 Å². The van der Waals surface area contributed by atoms with Crippen LogP contribution >= 0.6 is 28.3 Å². The second-order valence-electron chi connectivity index (χ2n) is 4.30. The number of hydrogen-bond donors (Lipinski definition) is 1. The second kappa shape index (κ2) is 8.18. The molecule has 0 aliphatic rings. The van der Waals surface area contributed by atoms with Crippen LogP contribution in [0.3, 0.4) is 0 Å². The van der Waals surface area contributed by atoms with Crippen molar-refractivity contribution in [1.29, 1.82) is 0 Å². The largest absolute Gasteiger partial charge is 0.341 e.